The fourth-order valence-corrected chi connectivity index (χ4v) is 5.63. The summed E-state index contributed by atoms with van der Waals surface area (Å²) < 4.78 is 43.0. The van der Waals surface area contributed by atoms with Crippen molar-refractivity contribution in [2.75, 3.05) is 13.1 Å². The third kappa shape index (κ3) is 4.50. The Hall–Kier alpha value is -2.71. The van der Waals surface area contributed by atoms with E-state index < -0.39 is 15.9 Å². The second-order valence-electron chi connectivity index (χ2n) is 7.87. The summed E-state index contributed by atoms with van der Waals surface area (Å²) in [4.78, 5) is 12.9. The Bertz CT molecular complexity index is 1190. The zero-order valence-electron chi connectivity index (χ0n) is 17.4. The van der Waals surface area contributed by atoms with Crippen LogP contribution in [0, 0.1) is 11.7 Å². The van der Waals surface area contributed by atoms with Crippen LogP contribution in [0.4, 0.5) is 4.39 Å². The lowest BCUT2D eigenvalue weighted by atomic mass is 9.99. The maximum Gasteiger partial charge on any atom is 0.243 e. The van der Waals surface area contributed by atoms with Crippen LogP contribution in [0.5, 0.6) is 0 Å². The molecule has 1 atom stereocenters. The van der Waals surface area contributed by atoms with E-state index in [2.05, 4.69) is 9.88 Å². The Labute approximate surface area is 181 Å². The standard InChI is InChI=1S/C23H26FN3O3S/c1-2-26-13-11-18-14-21(9-10-22(18)26)31(29,30)27-12-3-4-19(16-27)23(28)25-15-17-5-7-20(24)8-6-17/h5-11,13-14,19H,2-4,12,15-16H2,1H3,(H,25,28)/t19-/m1/s1. The molecule has 1 N–H and O–H groups in total. The molecule has 2 heterocycles. The molecule has 0 aliphatic carbocycles. The van der Waals surface area contributed by atoms with E-state index >= 15 is 0 Å². The predicted molar refractivity (Wildman–Crippen MR) is 117 cm³/mol. The molecule has 164 valence electrons. The first-order valence-electron chi connectivity index (χ1n) is 10.5. The van der Waals surface area contributed by atoms with Gasteiger partial charge in [0.05, 0.1) is 10.8 Å². The largest absolute Gasteiger partial charge is 0.352 e. The van der Waals surface area contributed by atoms with Gasteiger partial charge in [0.1, 0.15) is 5.82 Å². The molecular weight excluding hydrogens is 417 g/mol. The molecule has 0 unspecified atom stereocenters. The third-order valence-corrected chi connectivity index (χ3v) is 7.72. The Kier molecular flexibility index (Phi) is 6.11. The summed E-state index contributed by atoms with van der Waals surface area (Å²) in [5, 5.41) is 3.73. The topological polar surface area (TPSA) is 71.4 Å². The number of amides is 1. The van der Waals surface area contributed by atoms with E-state index in [1.54, 1.807) is 24.3 Å². The van der Waals surface area contributed by atoms with Crippen molar-refractivity contribution in [1.82, 2.24) is 14.2 Å². The monoisotopic (exact) mass is 443 g/mol. The summed E-state index contributed by atoms with van der Waals surface area (Å²) in [6.45, 7) is 3.70. The Morgan fingerprint density at radius 3 is 2.68 bits per heavy atom. The summed E-state index contributed by atoms with van der Waals surface area (Å²) in [5.41, 5.74) is 1.79. The van der Waals surface area contributed by atoms with Gasteiger partial charge in [-0.1, -0.05) is 12.1 Å². The smallest absolute Gasteiger partial charge is 0.243 e. The normalized spacial score (nSPS) is 17.7. The summed E-state index contributed by atoms with van der Waals surface area (Å²) in [5.74, 6) is -0.916. The first-order chi connectivity index (χ1) is 14.9. The highest BCUT2D eigenvalue weighted by molar-refractivity contribution is 7.89. The van der Waals surface area contributed by atoms with E-state index in [4.69, 9.17) is 0 Å². The lowest BCUT2D eigenvalue weighted by Crippen LogP contribution is -2.45. The van der Waals surface area contributed by atoms with Crippen LogP contribution in [0.25, 0.3) is 10.9 Å². The van der Waals surface area contributed by atoms with E-state index in [-0.39, 0.29) is 29.7 Å². The van der Waals surface area contributed by atoms with Gasteiger partial charge < -0.3 is 9.88 Å². The van der Waals surface area contributed by atoms with Crippen LogP contribution in [-0.2, 0) is 27.9 Å². The number of piperidine rings is 1. The van der Waals surface area contributed by atoms with Crippen molar-refractivity contribution in [3.63, 3.8) is 0 Å². The molecule has 1 aliphatic heterocycles. The van der Waals surface area contributed by atoms with Gasteiger partial charge in [-0.15, -0.1) is 0 Å². The highest BCUT2D eigenvalue weighted by Crippen LogP contribution is 2.27. The average Bonchev–Trinajstić information content (AvgIpc) is 3.21. The van der Waals surface area contributed by atoms with Crippen molar-refractivity contribution in [2.24, 2.45) is 5.92 Å². The van der Waals surface area contributed by atoms with Gasteiger partial charge in [-0.25, -0.2) is 12.8 Å². The quantitative estimate of drug-likeness (QED) is 0.634. The minimum absolute atomic E-state index is 0.158. The fraction of sp³-hybridized carbons (Fsp3) is 0.348. The number of carbonyl (C=O) groups is 1. The molecule has 1 saturated heterocycles. The molecule has 31 heavy (non-hydrogen) atoms. The van der Waals surface area contributed by atoms with Crippen LogP contribution in [0.1, 0.15) is 25.3 Å². The third-order valence-electron chi connectivity index (χ3n) is 5.86. The highest BCUT2D eigenvalue weighted by Gasteiger charge is 2.33. The molecule has 2 aromatic carbocycles. The van der Waals surface area contributed by atoms with Gasteiger partial charge in [-0.2, -0.15) is 4.31 Å². The van der Waals surface area contributed by atoms with E-state index in [9.17, 15) is 17.6 Å². The number of fused-ring (bicyclic) bond motifs is 1. The molecule has 4 rings (SSSR count). The molecule has 1 aliphatic rings. The summed E-state index contributed by atoms with van der Waals surface area (Å²) in [6, 6.07) is 13.0. The second kappa shape index (κ2) is 8.80. The number of sulfonamides is 1. The van der Waals surface area contributed by atoms with Crippen LogP contribution < -0.4 is 5.32 Å². The SMILES string of the molecule is CCn1ccc2cc(S(=O)(=O)N3CCC[C@@H](C(=O)NCc4ccc(F)cc4)C3)ccc21. The van der Waals surface area contributed by atoms with Crippen molar-refractivity contribution in [2.45, 2.75) is 37.8 Å². The lowest BCUT2D eigenvalue weighted by molar-refractivity contribution is -0.126. The average molecular weight is 444 g/mol. The number of aromatic nitrogens is 1. The van der Waals surface area contributed by atoms with E-state index in [0.29, 0.717) is 19.4 Å². The number of nitrogens with one attached hydrogen (secondary N) is 1. The number of benzene rings is 2. The molecule has 3 aromatic rings. The maximum absolute atomic E-state index is 13.2. The zero-order valence-corrected chi connectivity index (χ0v) is 18.2. The molecule has 8 heteroatoms. The van der Waals surface area contributed by atoms with E-state index in [0.717, 1.165) is 23.0 Å². The van der Waals surface area contributed by atoms with Crippen molar-refractivity contribution in [1.29, 1.82) is 0 Å². The molecule has 1 fully saturated rings. The Morgan fingerprint density at radius 2 is 1.94 bits per heavy atom. The van der Waals surface area contributed by atoms with Crippen molar-refractivity contribution in [3.05, 3.63) is 66.1 Å². The molecule has 1 amide bonds. The first-order valence-corrected chi connectivity index (χ1v) is 11.9. The molecule has 0 saturated carbocycles. The van der Waals surface area contributed by atoms with Crippen LogP contribution in [-0.4, -0.2) is 36.3 Å². The number of halogens is 1. The number of aryl methyl sites for hydroxylation is 1. The summed E-state index contributed by atoms with van der Waals surface area (Å²) in [6.07, 6.45) is 3.21. The predicted octanol–water partition coefficient (Wildman–Crippen LogP) is 3.52. The van der Waals surface area contributed by atoms with Gasteiger partial charge in [0.2, 0.25) is 15.9 Å². The highest BCUT2D eigenvalue weighted by atomic mass is 32.2. The van der Waals surface area contributed by atoms with Crippen LogP contribution in [0.3, 0.4) is 0 Å². The van der Waals surface area contributed by atoms with Crippen LogP contribution >= 0.6 is 0 Å². The number of hydrogen-bond donors (Lipinski definition) is 1. The van der Waals surface area contributed by atoms with Crippen molar-refractivity contribution >= 4 is 26.8 Å². The van der Waals surface area contributed by atoms with Crippen LogP contribution in [0.15, 0.2) is 59.6 Å². The Balaban J connectivity index is 1.45. The van der Waals surface area contributed by atoms with Gasteiger partial charge in [0.15, 0.2) is 0 Å². The molecule has 0 radical (unpaired) electrons. The van der Waals surface area contributed by atoms with Gasteiger partial charge >= 0.3 is 0 Å². The van der Waals surface area contributed by atoms with Gasteiger partial charge in [0, 0.05) is 43.3 Å². The molecule has 0 bridgehead atoms. The fourth-order valence-electron chi connectivity index (χ4n) is 4.07. The number of carbonyl (C=O) groups excluding carboxylic acids is 1. The molecule has 1 aromatic heterocycles. The minimum Gasteiger partial charge on any atom is -0.352 e. The van der Waals surface area contributed by atoms with Gasteiger partial charge in [0.25, 0.3) is 0 Å². The number of hydrogen-bond acceptors (Lipinski definition) is 3. The van der Waals surface area contributed by atoms with Crippen molar-refractivity contribution < 1.29 is 17.6 Å². The number of rotatable bonds is 6. The van der Waals surface area contributed by atoms with E-state index in [1.165, 1.54) is 16.4 Å². The maximum atomic E-state index is 13.2. The van der Waals surface area contributed by atoms with Crippen molar-refractivity contribution in [3.8, 4) is 0 Å². The van der Waals surface area contributed by atoms with Gasteiger partial charge in [-0.3, -0.25) is 4.79 Å². The first kappa shape index (κ1) is 21.5. The lowest BCUT2D eigenvalue weighted by Gasteiger charge is -2.31. The summed E-state index contributed by atoms with van der Waals surface area (Å²) in [7, 11) is -3.69. The summed E-state index contributed by atoms with van der Waals surface area (Å²) >= 11 is 0. The van der Waals surface area contributed by atoms with Gasteiger partial charge in [-0.05, 0) is 61.7 Å². The van der Waals surface area contributed by atoms with Crippen LogP contribution in [0.2, 0.25) is 0 Å². The molecule has 6 nitrogen and oxygen atoms in total. The second-order valence-corrected chi connectivity index (χ2v) is 9.81. The number of nitrogens with zero attached hydrogens (tertiary/aromatic N) is 2. The minimum atomic E-state index is -3.69. The van der Waals surface area contributed by atoms with E-state index in [1.807, 2.05) is 25.3 Å². The molecule has 0 spiro atoms. The molecular formula is C23H26FN3O3S. The Morgan fingerprint density at radius 1 is 1.16 bits per heavy atom. The zero-order chi connectivity index (χ0) is 22.0.